The molecule has 1 saturated heterocycles. The van der Waals surface area contributed by atoms with Gasteiger partial charge in [0.1, 0.15) is 13.2 Å². The zero-order chi connectivity index (χ0) is 15.7. The van der Waals surface area contributed by atoms with Crippen LogP contribution < -0.4 is 9.47 Å². The molecule has 2 unspecified atom stereocenters. The van der Waals surface area contributed by atoms with Gasteiger partial charge in [-0.1, -0.05) is 6.07 Å². The number of carboxylic acids is 1. The van der Waals surface area contributed by atoms with Gasteiger partial charge in [0.25, 0.3) is 5.91 Å². The number of hydrogen-bond acceptors (Lipinski definition) is 4. The second kappa shape index (κ2) is 5.87. The molecule has 0 radical (unpaired) electrons. The SMILES string of the molecule is CC1CCC(C(=O)O)CN1C(=O)c1cccc2c1OCCO2. The van der Waals surface area contributed by atoms with Gasteiger partial charge in [-0.25, -0.2) is 0 Å². The van der Waals surface area contributed by atoms with Crippen LogP contribution in [0.5, 0.6) is 11.5 Å². The number of carbonyl (C=O) groups excluding carboxylic acids is 1. The summed E-state index contributed by atoms with van der Waals surface area (Å²) in [6, 6.07) is 5.24. The lowest BCUT2D eigenvalue weighted by Gasteiger charge is -2.37. The van der Waals surface area contributed by atoms with Crippen molar-refractivity contribution < 1.29 is 24.2 Å². The van der Waals surface area contributed by atoms with Crippen molar-refractivity contribution in [2.75, 3.05) is 19.8 Å². The molecule has 22 heavy (non-hydrogen) atoms. The van der Waals surface area contributed by atoms with Crippen molar-refractivity contribution in [2.45, 2.75) is 25.8 Å². The second-order valence-electron chi connectivity index (χ2n) is 5.75. The molecule has 6 heteroatoms. The van der Waals surface area contributed by atoms with E-state index in [0.29, 0.717) is 43.1 Å². The Kier molecular flexibility index (Phi) is 3.92. The predicted molar refractivity (Wildman–Crippen MR) is 78.3 cm³/mol. The molecular formula is C16H19NO5. The number of rotatable bonds is 2. The fourth-order valence-corrected chi connectivity index (χ4v) is 2.99. The van der Waals surface area contributed by atoms with Gasteiger partial charge in [0, 0.05) is 12.6 Å². The summed E-state index contributed by atoms with van der Waals surface area (Å²) >= 11 is 0. The molecule has 0 aromatic heterocycles. The van der Waals surface area contributed by atoms with Crippen LogP contribution >= 0.6 is 0 Å². The summed E-state index contributed by atoms with van der Waals surface area (Å²) < 4.78 is 11.1. The number of amides is 1. The van der Waals surface area contributed by atoms with Crippen molar-refractivity contribution in [1.29, 1.82) is 0 Å². The minimum absolute atomic E-state index is 0.0171. The normalized spacial score (nSPS) is 24.0. The molecule has 1 aromatic rings. The smallest absolute Gasteiger partial charge is 0.308 e. The Morgan fingerprint density at radius 3 is 2.77 bits per heavy atom. The Morgan fingerprint density at radius 2 is 2.00 bits per heavy atom. The maximum atomic E-state index is 12.8. The molecule has 2 heterocycles. The van der Waals surface area contributed by atoms with E-state index in [-0.39, 0.29) is 18.5 Å². The van der Waals surface area contributed by atoms with E-state index in [9.17, 15) is 14.7 Å². The van der Waals surface area contributed by atoms with Crippen molar-refractivity contribution in [3.63, 3.8) is 0 Å². The molecular weight excluding hydrogens is 286 g/mol. The van der Waals surface area contributed by atoms with E-state index in [4.69, 9.17) is 9.47 Å². The van der Waals surface area contributed by atoms with Crippen LogP contribution in [0.1, 0.15) is 30.1 Å². The molecule has 118 valence electrons. The van der Waals surface area contributed by atoms with Gasteiger partial charge in [-0.2, -0.15) is 0 Å². The Balaban J connectivity index is 1.88. The lowest BCUT2D eigenvalue weighted by Crippen LogP contribution is -2.47. The lowest BCUT2D eigenvalue weighted by atomic mass is 9.93. The van der Waals surface area contributed by atoms with Gasteiger partial charge in [-0.05, 0) is 31.9 Å². The molecule has 1 amide bonds. The first-order chi connectivity index (χ1) is 10.6. The van der Waals surface area contributed by atoms with Crippen molar-refractivity contribution >= 4 is 11.9 Å². The van der Waals surface area contributed by atoms with Crippen molar-refractivity contribution in [1.82, 2.24) is 4.90 Å². The summed E-state index contributed by atoms with van der Waals surface area (Å²) in [6.45, 7) is 3.05. The van der Waals surface area contributed by atoms with Gasteiger partial charge in [0.15, 0.2) is 11.5 Å². The molecule has 2 aliphatic rings. The third-order valence-electron chi connectivity index (χ3n) is 4.29. The summed E-state index contributed by atoms with van der Waals surface area (Å²) in [6.07, 6.45) is 1.29. The number of aliphatic carboxylic acids is 1. The van der Waals surface area contributed by atoms with Crippen molar-refractivity contribution in [2.24, 2.45) is 5.92 Å². The van der Waals surface area contributed by atoms with Crippen LogP contribution in [0.15, 0.2) is 18.2 Å². The Morgan fingerprint density at radius 1 is 1.23 bits per heavy atom. The van der Waals surface area contributed by atoms with Crippen molar-refractivity contribution in [3.05, 3.63) is 23.8 Å². The zero-order valence-electron chi connectivity index (χ0n) is 12.4. The topological polar surface area (TPSA) is 76.1 Å². The number of piperidine rings is 1. The fourth-order valence-electron chi connectivity index (χ4n) is 2.99. The van der Waals surface area contributed by atoms with E-state index in [1.54, 1.807) is 23.1 Å². The second-order valence-corrected chi connectivity index (χ2v) is 5.75. The van der Waals surface area contributed by atoms with E-state index in [1.807, 2.05) is 6.92 Å². The van der Waals surface area contributed by atoms with E-state index >= 15 is 0 Å². The van der Waals surface area contributed by atoms with Gasteiger partial charge in [-0.3, -0.25) is 9.59 Å². The molecule has 1 N–H and O–H groups in total. The highest BCUT2D eigenvalue weighted by Gasteiger charge is 2.34. The van der Waals surface area contributed by atoms with Crippen LogP contribution in [0.3, 0.4) is 0 Å². The number of fused-ring (bicyclic) bond motifs is 1. The molecule has 1 fully saturated rings. The summed E-state index contributed by atoms with van der Waals surface area (Å²) in [7, 11) is 0. The van der Waals surface area contributed by atoms with Gasteiger partial charge in [-0.15, -0.1) is 0 Å². The van der Waals surface area contributed by atoms with Crippen LogP contribution in [0.25, 0.3) is 0 Å². The minimum atomic E-state index is -0.848. The molecule has 2 atom stereocenters. The van der Waals surface area contributed by atoms with Gasteiger partial charge in [0.05, 0.1) is 11.5 Å². The van der Waals surface area contributed by atoms with E-state index in [2.05, 4.69) is 0 Å². The average Bonchev–Trinajstić information content (AvgIpc) is 2.54. The molecule has 0 bridgehead atoms. The van der Waals surface area contributed by atoms with Gasteiger partial charge < -0.3 is 19.5 Å². The largest absolute Gasteiger partial charge is 0.486 e. The number of benzene rings is 1. The summed E-state index contributed by atoms with van der Waals surface area (Å²) in [5, 5.41) is 9.20. The number of likely N-dealkylation sites (tertiary alicyclic amines) is 1. The Hall–Kier alpha value is -2.24. The fraction of sp³-hybridized carbons (Fsp3) is 0.500. The number of para-hydroxylation sites is 1. The van der Waals surface area contributed by atoms with Crippen molar-refractivity contribution in [3.8, 4) is 11.5 Å². The Labute approximate surface area is 128 Å². The molecule has 0 aliphatic carbocycles. The number of ether oxygens (including phenoxy) is 2. The number of carboxylic acid groups (broad SMARTS) is 1. The van der Waals surface area contributed by atoms with Gasteiger partial charge in [0.2, 0.25) is 0 Å². The third kappa shape index (κ3) is 2.61. The highest BCUT2D eigenvalue weighted by Crippen LogP contribution is 2.35. The predicted octanol–water partition coefficient (Wildman–Crippen LogP) is 1.78. The van der Waals surface area contributed by atoms with Crippen LogP contribution in [-0.4, -0.2) is 47.7 Å². The lowest BCUT2D eigenvalue weighted by molar-refractivity contribution is -0.143. The molecule has 2 aliphatic heterocycles. The van der Waals surface area contributed by atoms with E-state index < -0.39 is 11.9 Å². The minimum Gasteiger partial charge on any atom is -0.486 e. The number of nitrogens with zero attached hydrogens (tertiary/aromatic N) is 1. The highest BCUT2D eigenvalue weighted by atomic mass is 16.6. The van der Waals surface area contributed by atoms with E-state index in [1.165, 1.54) is 0 Å². The number of hydrogen-bond donors (Lipinski definition) is 1. The van der Waals surface area contributed by atoms with Crippen LogP contribution in [0, 0.1) is 5.92 Å². The monoisotopic (exact) mass is 305 g/mol. The quantitative estimate of drug-likeness (QED) is 0.901. The first kappa shape index (κ1) is 14.7. The molecule has 3 rings (SSSR count). The molecule has 6 nitrogen and oxygen atoms in total. The average molecular weight is 305 g/mol. The molecule has 0 spiro atoms. The number of carbonyl (C=O) groups is 2. The zero-order valence-corrected chi connectivity index (χ0v) is 12.4. The standard InChI is InChI=1S/C16H19NO5/c1-10-5-6-11(16(19)20)9-17(10)15(18)12-3-2-4-13-14(12)22-8-7-21-13/h2-4,10-11H,5-9H2,1H3,(H,19,20). The molecule has 0 saturated carbocycles. The van der Waals surface area contributed by atoms with Crippen LogP contribution in [-0.2, 0) is 4.79 Å². The summed E-state index contributed by atoms with van der Waals surface area (Å²) in [5.41, 5.74) is 0.440. The first-order valence-corrected chi connectivity index (χ1v) is 7.50. The maximum absolute atomic E-state index is 12.8. The molecule has 1 aromatic carbocycles. The van der Waals surface area contributed by atoms with Crippen LogP contribution in [0.4, 0.5) is 0 Å². The third-order valence-corrected chi connectivity index (χ3v) is 4.29. The van der Waals surface area contributed by atoms with Crippen LogP contribution in [0.2, 0.25) is 0 Å². The first-order valence-electron chi connectivity index (χ1n) is 7.50. The van der Waals surface area contributed by atoms with E-state index in [0.717, 1.165) is 0 Å². The highest BCUT2D eigenvalue weighted by molar-refractivity contribution is 5.98. The van der Waals surface area contributed by atoms with Gasteiger partial charge >= 0.3 is 5.97 Å². The maximum Gasteiger partial charge on any atom is 0.308 e. The summed E-state index contributed by atoms with van der Waals surface area (Å²) in [4.78, 5) is 25.7. The Bertz CT molecular complexity index is 600. The summed E-state index contributed by atoms with van der Waals surface area (Å²) in [5.74, 6) is -0.517.